The van der Waals surface area contributed by atoms with Gasteiger partial charge in [-0.15, -0.1) is 0 Å². The molecule has 0 unspecified atom stereocenters. The third-order valence-electron chi connectivity index (χ3n) is 3.03. The van der Waals surface area contributed by atoms with Crippen molar-refractivity contribution in [2.45, 2.75) is 0 Å². The molecule has 0 fully saturated rings. The molecule has 3 heteroatoms. The van der Waals surface area contributed by atoms with E-state index in [0.717, 1.165) is 10.9 Å². The number of hydrogen-bond acceptors (Lipinski definition) is 1. The molecule has 2 aromatic carbocycles. The maximum Gasteiger partial charge on any atom is 0.130 e. The van der Waals surface area contributed by atoms with Crippen molar-refractivity contribution in [3.8, 4) is 0 Å². The Hall–Kier alpha value is -2.16. The Morgan fingerprint density at radius 1 is 0.944 bits per heavy atom. The largest absolute Gasteiger partial charge is 0.344 e. The van der Waals surface area contributed by atoms with Crippen LogP contribution in [-0.2, 0) is 0 Å². The molecule has 0 amide bonds. The van der Waals surface area contributed by atoms with Crippen LogP contribution in [0.1, 0.15) is 0 Å². The van der Waals surface area contributed by atoms with Gasteiger partial charge < -0.3 is 4.90 Å². The van der Waals surface area contributed by atoms with E-state index in [9.17, 15) is 8.78 Å². The highest BCUT2D eigenvalue weighted by Crippen LogP contribution is 2.15. The first-order valence-corrected chi connectivity index (χ1v) is 5.73. The van der Waals surface area contributed by atoms with Gasteiger partial charge in [0.15, 0.2) is 0 Å². The van der Waals surface area contributed by atoms with Crippen LogP contribution in [-0.4, -0.2) is 6.54 Å². The lowest BCUT2D eigenvalue weighted by molar-refractivity contribution is 0.616. The third-order valence-corrected chi connectivity index (χ3v) is 3.03. The van der Waals surface area contributed by atoms with Gasteiger partial charge in [0, 0.05) is 28.9 Å². The van der Waals surface area contributed by atoms with Crippen LogP contribution in [0.5, 0.6) is 0 Å². The molecule has 0 radical (unpaired) electrons. The van der Waals surface area contributed by atoms with Crippen LogP contribution in [0.2, 0.25) is 0 Å². The number of nitrogens with zero attached hydrogens (tertiary/aromatic N) is 1. The molecule has 0 aromatic heterocycles. The maximum atomic E-state index is 13.5. The Labute approximate surface area is 103 Å². The van der Waals surface area contributed by atoms with Crippen LogP contribution in [0.4, 0.5) is 14.5 Å². The minimum atomic E-state index is -0.258. The molecule has 1 aliphatic rings. The van der Waals surface area contributed by atoms with Gasteiger partial charge in [0.1, 0.15) is 11.6 Å². The number of rotatable bonds is 1. The first-order chi connectivity index (χ1) is 8.74. The smallest absolute Gasteiger partial charge is 0.130 e. The van der Waals surface area contributed by atoms with Crippen molar-refractivity contribution in [1.29, 1.82) is 0 Å². The van der Waals surface area contributed by atoms with Crippen LogP contribution in [0.25, 0.3) is 12.3 Å². The van der Waals surface area contributed by atoms with Gasteiger partial charge in [0.05, 0.1) is 0 Å². The molecule has 0 aliphatic carbocycles. The van der Waals surface area contributed by atoms with Crippen molar-refractivity contribution in [1.82, 2.24) is 0 Å². The van der Waals surface area contributed by atoms with E-state index in [1.807, 2.05) is 23.2 Å². The third kappa shape index (κ3) is 1.88. The molecule has 18 heavy (non-hydrogen) atoms. The average Bonchev–Trinajstić information content (AvgIpc) is 2.39. The summed E-state index contributed by atoms with van der Waals surface area (Å²) in [4.78, 5) is 1.96. The molecule has 2 aromatic rings. The zero-order valence-electron chi connectivity index (χ0n) is 9.61. The van der Waals surface area contributed by atoms with Crippen molar-refractivity contribution in [2.24, 2.45) is 0 Å². The summed E-state index contributed by atoms with van der Waals surface area (Å²) in [6.07, 6.45) is 3.72. The van der Waals surface area contributed by atoms with Crippen molar-refractivity contribution < 1.29 is 8.78 Å². The molecule has 0 N–H and O–H groups in total. The highest BCUT2D eigenvalue weighted by atomic mass is 19.1. The number of anilines is 1. The lowest BCUT2D eigenvalue weighted by atomic mass is 10.1. The maximum absolute atomic E-state index is 13.5. The fourth-order valence-electron chi connectivity index (χ4n) is 2.10. The first-order valence-electron chi connectivity index (χ1n) is 5.73. The summed E-state index contributed by atoms with van der Waals surface area (Å²) in [5.74, 6) is -0.464. The zero-order chi connectivity index (χ0) is 12.5. The molecule has 1 aliphatic heterocycles. The molecule has 90 valence electrons. The molecule has 1 heterocycles. The number of halogens is 2. The van der Waals surface area contributed by atoms with Gasteiger partial charge >= 0.3 is 0 Å². The first kappa shape index (κ1) is 11.0. The van der Waals surface area contributed by atoms with E-state index in [1.54, 1.807) is 18.2 Å². The zero-order valence-corrected chi connectivity index (χ0v) is 9.61. The fraction of sp³-hybridized carbons (Fsp3) is 0.0667. The fourth-order valence-corrected chi connectivity index (χ4v) is 2.10. The highest BCUT2D eigenvalue weighted by molar-refractivity contribution is 5.63. The molecule has 0 saturated carbocycles. The summed E-state index contributed by atoms with van der Waals surface area (Å²) in [7, 11) is 0. The van der Waals surface area contributed by atoms with Gasteiger partial charge in [0.25, 0.3) is 0 Å². The van der Waals surface area contributed by atoms with E-state index >= 15 is 0 Å². The Kier molecular flexibility index (Phi) is 2.59. The number of hydrogen-bond donors (Lipinski definition) is 0. The Balaban J connectivity index is 2.06. The summed E-state index contributed by atoms with van der Waals surface area (Å²) in [5, 5.41) is 1.47. The second kappa shape index (κ2) is 4.26. The molecule has 1 nitrogen and oxygen atoms in total. The van der Waals surface area contributed by atoms with Crippen LogP contribution < -0.4 is 15.3 Å². The van der Waals surface area contributed by atoms with Crippen molar-refractivity contribution in [3.05, 3.63) is 64.5 Å². The van der Waals surface area contributed by atoms with Gasteiger partial charge in [-0.3, -0.25) is 0 Å². The van der Waals surface area contributed by atoms with Crippen LogP contribution >= 0.6 is 0 Å². The Bertz CT molecular complexity index is 689. The predicted octanol–water partition coefficient (Wildman–Crippen LogP) is 2.00. The highest BCUT2D eigenvalue weighted by Gasteiger charge is 2.07. The van der Waals surface area contributed by atoms with E-state index in [0.29, 0.717) is 11.8 Å². The SMILES string of the molecule is Fc1ccc(N2C=c3cccc(F)c3=CC2)cc1. The monoisotopic (exact) mass is 243 g/mol. The average molecular weight is 243 g/mol. The van der Waals surface area contributed by atoms with Gasteiger partial charge in [-0.1, -0.05) is 18.2 Å². The van der Waals surface area contributed by atoms with Gasteiger partial charge in [0.2, 0.25) is 0 Å². The molecular weight excluding hydrogens is 232 g/mol. The topological polar surface area (TPSA) is 3.24 Å². The van der Waals surface area contributed by atoms with E-state index in [1.165, 1.54) is 18.2 Å². The van der Waals surface area contributed by atoms with E-state index in [-0.39, 0.29) is 11.6 Å². The minimum absolute atomic E-state index is 0.206. The second-order valence-corrected chi connectivity index (χ2v) is 4.20. The summed E-state index contributed by atoms with van der Waals surface area (Å²) >= 11 is 0. The lowest BCUT2D eigenvalue weighted by Gasteiger charge is -2.21. The summed E-state index contributed by atoms with van der Waals surface area (Å²) in [5.41, 5.74) is 0.891. The van der Waals surface area contributed by atoms with E-state index < -0.39 is 0 Å². The molecular formula is C15H11F2N. The Morgan fingerprint density at radius 2 is 1.72 bits per heavy atom. The molecule has 0 bridgehead atoms. The lowest BCUT2D eigenvalue weighted by Crippen LogP contribution is -2.37. The number of fused-ring (bicyclic) bond motifs is 1. The van der Waals surface area contributed by atoms with Gasteiger partial charge in [-0.25, -0.2) is 8.78 Å². The van der Waals surface area contributed by atoms with Gasteiger partial charge in [-0.2, -0.15) is 0 Å². The molecule has 0 saturated heterocycles. The minimum Gasteiger partial charge on any atom is -0.344 e. The van der Waals surface area contributed by atoms with E-state index in [2.05, 4.69) is 0 Å². The van der Waals surface area contributed by atoms with Crippen molar-refractivity contribution in [3.63, 3.8) is 0 Å². The Morgan fingerprint density at radius 3 is 2.50 bits per heavy atom. The van der Waals surface area contributed by atoms with Crippen LogP contribution in [0.15, 0.2) is 42.5 Å². The molecule has 3 rings (SSSR count). The van der Waals surface area contributed by atoms with Crippen LogP contribution in [0.3, 0.4) is 0 Å². The summed E-state index contributed by atoms with van der Waals surface area (Å²) in [6, 6.07) is 11.3. The standard InChI is InChI=1S/C15H11F2N/c16-12-4-6-13(7-5-12)18-9-8-14-11(10-18)2-1-3-15(14)17/h1-8,10H,9H2. The quantitative estimate of drug-likeness (QED) is 0.740. The normalized spacial score (nSPS) is 13.6. The number of benzene rings is 2. The van der Waals surface area contributed by atoms with E-state index in [4.69, 9.17) is 0 Å². The summed E-state index contributed by atoms with van der Waals surface area (Å²) in [6.45, 7) is 0.583. The molecule has 0 atom stereocenters. The van der Waals surface area contributed by atoms with Crippen molar-refractivity contribution in [2.75, 3.05) is 11.4 Å². The second-order valence-electron chi connectivity index (χ2n) is 4.20. The summed E-state index contributed by atoms with van der Waals surface area (Å²) < 4.78 is 26.4. The van der Waals surface area contributed by atoms with Crippen LogP contribution in [0, 0.1) is 11.6 Å². The van der Waals surface area contributed by atoms with Gasteiger partial charge in [-0.05, 0) is 30.3 Å². The molecule has 0 spiro atoms. The van der Waals surface area contributed by atoms with Crippen molar-refractivity contribution >= 4 is 18.0 Å². The predicted molar refractivity (Wildman–Crippen MR) is 68.3 cm³/mol.